The first kappa shape index (κ1) is 19.1. The van der Waals surface area contributed by atoms with Gasteiger partial charge in [-0.1, -0.05) is 6.07 Å². The van der Waals surface area contributed by atoms with Crippen LogP contribution in [0, 0.1) is 0 Å². The first-order valence-corrected chi connectivity index (χ1v) is 9.03. The van der Waals surface area contributed by atoms with Gasteiger partial charge in [-0.25, -0.2) is 4.52 Å². The zero-order chi connectivity index (χ0) is 20.4. The molecule has 0 radical (unpaired) electrons. The molecule has 0 spiro atoms. The van der Waals surface area contributed by atoms with Crippen molar-refractivity contribution in [3.05, 3.63) is 54.7 Å². The minimum Gasteiger partial charge on any atom is -0.475 e. The number of amides is 1. The van der Waals surface area contributed by atoms with Crippen LogP contribution in [0.2, 0.25) is 0 Å². The van der Waals surface area contributed by atoms with Crippen LogP contribution in [0.1, 0.15) is 6.92 Å². The molecule has 1 saturated heterocycles. The fourth-order valence-electron chi connectivity index (χ4n) is 3.09. The highest BCUT2D eigenvalue weighted by molar-refractivity contribution is 5.95. The van der Waals surface area contributed by atoms with Crippen LogP contribution in [0.15, 0.2) is 54.7 Å². The topological polar surface area (TPSA) is 65.3 Å². The van der Waals surface area contributed by atoms with Gasteiger partial charge < -0.3 is 19.1 Å². The Bertz CT molecular complexity index is 1000. The van der Waals surface area contributed by atoms with Crippen molar-refractivity contribution < 1.29 is 27.8 Å². The number of pyridine rings is 1. The number of hydrogen-bond acceptors (Lipinski definition) is 5. The van der Waals surface area contributed by atoms with Gasteiger partial charge in [0.2, 0.25) is 5.88 Å². The first-order valence-electron chi connectivity index (χ1n) is 9.03. The van der Waals surface area contributed by atoms with E-state index in [9.17, 15) is 13.6 Å². The highest BCUT2D eigenvalue weighted by atomic mass is 19.3. The predicted octanol–water partition coefficient (Wildman–Crippen LogP) is 3.14. The molecular formula is C20H19F2N3O4. The van der Waals surface area contributed by atoms with Gasteiger partial charge in [0.25, 0.3) is 5.91 Å². The summed E-state index contributed by atoms with van der Waals surface area (Å²) in [5, 5.41) is 4.21. The Morgan fingerprint density at radius 1 is 1.21 bits per heavy atom. The summed E-state index contributed by atoms with van der Waals surface area (Å²) in [5.74, 6) is 0.376. The summed E-state index contributed by atoms with van der Waals surface area (Å²) < 4.78 is 43.5. The molecule has 3 aromatic rings. The van der Waals surface area contributed by atoms with Crippen molar-refractivity contribution in [3.8, 4) is 11.6 Å². The Kier molecular flexibility index (Phi) is 5.06. The summed E-state index contributed by atoms with van der Waals surface area (Å²) in [4.78, 5) is 13.8. The third-order valence-electron chi connectivity index (χ3n) is 4.38. The van der Waals surface area contributed by atoms with E-state index in [1.54, 1.807) is 33.8 Å². The number of halogens is 2. The van der Waals surface area contributed by atoms with Crippen LogP contribution in [-0.4, -0.2) is 47.5 Å². The van der Waals surface area contributed by atoms with Crippen LogP contribution in [-0.2, 0) is 9.53 Å². The van der Waals surface area contributed by atoms with Gasteiger partial charge in [-0.15, -0.1) is 0 Å². The molecule has 0 aliphatic carbocycles. The smallest absolute Gasteiger partial charge is 0.394 e. The van der Waals surface area contributed by atoms with E-state index in [4.69, 9.17) is 9.47 Å². The molecule has 29 heavy (non-hydrogen) atoms. The van der Waals surface area contributed by atoms with E-state index in [0.29, 0.717) is 18.5 Å². The molecule has 0 N–H and O–H groups in total. The maximum Gasteiger partial charge on any atom is 0.394 e. The van der Waals surface area contributed by atoms with Crippen molar-refractivity contribution in [1.82, 2.24) is 9.61 Å². The molecule has 4 rings (SSSR count). The Balaban J connectivity index is 1.41. The minimum atomic E-state index is -3.27. The second-order valence-corrected chi connectivity index (χ2v) is 6.68. The molecule has 0 bridgehead atoms. The normalized spacial score (nSPS) is 17.6. The predicted molar refractivity (Wildman–Crippen MR) is 100 cm³/mol. The lowest BCUT2D eigenvalue weighted by atomic mass is 10.2. The van der Waals surface area contributed by atoms with Gasteiger partial charge in [0.05, 0.1) is 18.3 Å². The van der Waals surface area contributed by atoms with E-state index >= 15 is 0 Å². The Labute approximate surface area is 165 Å². The maximum atomic E-state index is 13.0. The van der Waals surface area contributed by atoms with Crippen LogP contribution in [0.3, 0.4) is 0 Å². The number of carbonyl (C=O) groups excluding carboxylic acids is 1. The van der Waals surface area contributed by atoms with E-state index in [-0.39, 0.29) is 37.5 Å². The van der Waals surface area contributed by atoms with Gasteiger partial charge in [-0.05, 0) is 36.4 Å². The highest BCUT2D eigenvalue weighted by Gasteiger charge is 2.29. The van der Waals surface area contributed by atoms with Crippen molar-refractivity contribution >= 4 is 17.1 Å². The molecule has 1 fully saturated rings. The van der Waals surface area contributed by atoms with Crippen LogP contribution in [0.25, 0.3) is 5.52 Å². The number of carbonyl (C=O) groups is 1. The number of nitrogens with zero attached hydrogens (tertiary/aromatic N) is 3. The fraction of sp³-hybridized carbons (Fsp3) is 0.300. The van der Waals surface area contributed by atoms with Crippen molar-refractivity contribution in [2.24, 2.45) is 0 Å². The number of anilines is 1. The summed E-state index contributed by atoms with van der Waals surface area (Å²) >= 11 is 0. The van der Waals surface area contributed by atoms with Gasteiger partial charge in [-0.3, -0.25) is 4.79 Å². The molecule has 1 aromatic carbocycles. The largest absolute Gasteiger partial charge is 0.475 e. The second kappa shape index (κ2) is 7.67. The molecule has 1 amide bonds. The average Bonchev–Trinajstić information content (AvgIpc) is 3.16. The molecule has 2 aromatic heterocycles. The highest BCUT2D eigenvalue weighted by Crippen LogP contribution is 2.26. The first-order chi connectivity index (χ1) is 13.9. The Hall–Kier alpha value is -3.20. The third-order valence-corrected chi connectivity index (χ3v) is 4.38. The molecule has 9 heteroatoms. The Morgan fingerprint density at radius 2 is 2.00 bits per heavy atom. The maximum absolute atomic E-state index is 13.0. The average molecular weight is 403 g/mol. The second-order valence-electron chi connectivity index (χ2n) is 6.68. The number of hydrogen-bond donors (Lipinski definition) is 0. The van der Waals surface area contributed by atoms with Crippen LogP contribution in [0.4, 0.5) is 14.5 Å². The van der Waals surface area contributed by atoms with Gasteiger partial charge in [0, 0.05) is 18.7 Å². The van der Waals surface area contributed by atoms with E-state index in [1.807, 2.05) is 18.2 Å². The molecular weight excluding hydrogens is 384 g/mol. The number of rotatable bonds is 6. The lowest BCUT2D eigenvalue weighted by molar-refractivity contribution is -0.159. The SMILES string of the molecule is CC(F)(F)Oc1ccc(N2C[C@@H](COc3cccc4ccnn34)OCC2=O)cc1. The minimum absolute atomic E-state index is 0.0224. The number of alkyl halides is 2. The number of morpholine rings is 1. The molecule has 1 aliphatic heterocycles. The molecule has 3 heterocycles. The zero-order valence-corrected chi connectivity index (χ0v) is 15.6. The summed E-state index contributed by atoms with van der Waals surface area (Å²) in [6, 6.07) is 13.4. The quantitative estimate of drug-likeness (QED) is 0.633. The molecule has 0 saturated carbocycles. The molecule has 1 atom stereocenters. The summed E-state index contributed by atoms with van der Waals surface area (Å²) in [6.45, 7) is 1.08. The number of fused-ring (bicyclic) bond motifs is 1. The van der Waals surface area contributed by atoms with E-state index in [2.05, 4.69) is 9.84 Å². The van der Waals surface area contributed by atoms with Crippen LogP contribution >= 0.6 is 0 Å². The van der Waals surface area contributed by atoms with Crippen molar-refractivity contribution in [3.63, 3.8) is 0 Å². The van der Waals surface area contributed by atoms with Crippen molar-refractivity contribution in [2.45, 2.75) is 19.1 Å². The standard InChI is InChI=1S/C20H19F2N3O4/c1-20(21,22)29-16-7-5-14(6-8-16)24-11-17(27-13-18(24)26)12-28-19-4-2-3-15-9-10-23-25(15)19/h2-10,17H,11-13H2,1H3/t17-/m0/s1. The van der Waals surface area contributed by atoms with E-state index in [0.717, 1.165) is 5.52 Å². The van der Waals surface area contributed by atoms with Gasteiger partial charge in [0.15, 0.2) is 0 Å². The van der Waals surface area contributed by atoms with Gasteiger partial charge >= 0.3 is 6.11 Å². The lowest BCUT2D eigenvalue weighted by Gasteiger charge is -2.32. The summed E-state index contributed by atoms with van der Waals surface area (Å²) in [5.41, 5.74) is 1.48. The monoisotopic (exact) mass is 403 g/mol. The van der Waals surface area contributed by atoms with Crippen molar-refractivity contribution in [1.29, 1.82) is 0 Å². The van der Waals surface area contributed by atoms with E-state index < -0.39 is 6.11 Å². The lowest BCUT2D eigenvalue weighted by Crippen LogP contribution is -2.48. The molecule has 7 nitrogen and oxygen atoms in total. The third kappa shape index (κ3) is 4.45. The molecule has 0 unspecified atom stereocenters. The van der Waals surface area contributed by atoms with Crippen LogP contribution < -0.4 is 14.4 Å². The van der Waals surface area contributed by atoms with Crippen LogP contribution in [0.5, 0.6) is 11.6 Å². The molecule has 152 valence electrons. The number of benzene rings is 1. The molecule has 1 aliphatic rings. The number of aromatic nitrogens is 2. The summed E-state index contributed by atoms with van der Waals surface area (Å²) in [7, 11) is 0. The van der Waals surface area contributed by atoms with Gasteiger partial charge in [0.1, 0.15) is 25.1 Å². The fourth-order valence-corrected chi connectivity index (χ4v) is 3.09. The van der Waals surface area contributed by atoms with Crippen molar-refractivity contribution in [2.75, 3.05) is 24.7 Å². The van der Waals surface area contributed by atoms with E-state index in [1.165, 1.54) is 12.1 Å². The Morgan fingerprint density at radius 3 is 2.76 bits per heavy atom. The summed E-state index contributed by atoms with van der Waals surface area (Å²) in [6.07, 6.45) is -1.94. The zero-order valence-electron chi connectivity index (χ0n) is 15.6. The van der Waals surface area contributed by atoms with Gasteiger partial charge in [-0.2, -0.15) is 13.9 Å². The number of ether oxygens (including phenoxy) is 3.